The maximum absolute atomic E-state index is 5.92. The average Bonchev–Trinajstić information content (AvgIpc) is 2.81. The number of hydrazone groups is 1. The number of benzene rings is 1. The summed E-state index contributed by atoms with van der Waals surface area (Å²) in [5, 5.41) is 12.9. The van der Waals surface area contributed by atoms with Crippen molar-refractivity contribution in [1.82, 2.24) is 20.5 Å². The van der Waals surface area contributed by atoms with E-state index in [1.165, 1.54) is 0 Å². The molecule has 1 aromatic heterocycles. The lowest BCUT2D eigenvalue weighted by molar-refractivity contribution is 0.508. The van der Waals surface area contributed by atoms with Crippen LogP contribution in [0.4, 0.5) is 0 Å². The lowest BCUT2D eigenvalue weighted by Crippen LogP contribution is -2.44. The minimum Gasteiger partial charge on any atom is -0.357 e. The molecule has 5 nitrogen and oxygen atoms in total. The molecule has 8 heteroatoms. The summed E-state index contributed by atoms with van der Waals surface area (Å²) in [6, 6.07) is 7.67. The molecule has 0 saturated carbocycles. The standard InChI is InChI=1S/C16H19BrClN5S/c1-16(2,3)21-15(24)22-19-9-14-13(17)8-20-23(14)10-11-4-6-12(18)7-5-11/h4-9H,10H2,1-3H3,(H2,21,22,24)/b19-9+. The summed E-state index contributed by atoms with van der Waals surface area (Å²) in [5.41, 5.74) is 4.64. The highest BCUT2D eigenvalue weighted by Gasteiger charge is 2.11. The van der Waals surface area contributed by atoms with Crippen LogP contribution in [0.3, 0.4) is 0 Å². The second kappa shape index (κ2) is 8.09. The third kappa shape index (κ3) is 5.89. The molecule has 0 atom stereocenters. The number of nitrogens with one attached hydrogen (secondary N) is 2. The highest BCUT2D eigenvalue weighted by molar-refractivity contribution is 9.10. The van der Waals surface area contributed by atoms with Crippen molar-refractivity contribution in [1.29, 1.82) is 0 Å². The third-order valence-corrected chi connectivity index (χ3v) is 3.98. The fourth-order valence-corrected chi connectivity index (χ4v) is 2.79. The SMILES string of the molecule is CC(C)(C)NC(=S)N/N=C/c1c(Br)cnn1Cc1ccc(Cl)cc1. The van der Waals surface area contributed by atoms with Gasteiger partial charge in [-0.2, -0.15) is 10.2 Å². The molecule has 2 rings (SSSR count). The highest BCUT2D eigenvalue weighted by atomic mass is 79.9. The van der Waals surface area contributed by atoms with Crippen LogP contribution in [0.5, 0.6) is 0 Å². The van der Waals surface area contributed by atoms with E-state index < -0.39 is 0 Å². The van der Waals surface area contributed by atoms with Crippen LogP contribution in [-0.4, -0.2) is 26.6 Å². The number of halogens is 2. The first kappa shape index (κ1) is 18.9. The Hall–Kier alpha value is -1.44. The lowest BCUT2D eigenvalue weighted by Gasteiger charge is -2.21. The van der Waals surface area contributed by atoms with Crippen molar-refractivity contribution in [2.24, 2.45) is 5.10 Å². The second-order valence-corrected chi connectivity index (χ2v) is 7.94. The third-order valence-electron chi connectivity index (χ3n) is 2.92. The minimum absolute atomic E-state index is 0.115. The van der Waals surface area contributed by atoms with E-state index in [4.69, 9.17) is 23.8 Å². The summed E-state index contributed by atoms with van der Waals surface area (Å²) in [5.74, 6) is 0. The fourth-order valence-electron chi connectivity index (χ4n) is 1.91. The van der Waals surface area contributed by atoms with Crippen LogP contribution in [0.25, 0.3) is 0 Å². The van der Waals surface area contributed by atoms with Crippen LogP contribution in [0.1, 0.15) is 32.0 Å². The zero-order valence-electron chi connectivity index (χ0n) is 13.7. The zero-order chi connectivity index (χ0) is 17.7. The first-order valence-electron chi connectivity index (χ1n) is 7.31. The number of hydrogen-bond donors (Lipinski definition) is 2. The van der Waals surface area contributed by atoms with E-state index >= 15 is 0 Å². The molecule has 0 spiro atoms. The van der Waals surface area contributed by atoms with E-state index in [2.05, 4.69) is 36.9 Å². The van der Waals surface area contributed by atoms with E-state index in [1.807, 2.05) is 49.7 Å². The largest absolute Gasteiger partial charge is 0.357 e. The molecule has 0 fully saturated rings. The monoisotopic (exact) mass is 427 g/mol. The molecular formula is C16H19BrClN5S. The Balaban J connectivity index is 2.05. The molecule has 0 aliphatic heterocycles. The van der Waals surface area contributed by atoms with Crippen molar-refractivity contribution in [2.75, 3.05) is 0 Å². The van der Waals surface area contributed by atoms with Gasteiger partial charge in [-0.25, -0.2) is 0 Å². The first-order valence-corrected chi connectivity index (χ1v) is 8.89. The van der Waals surface area contributed by atoms with E-state index in [9.17, 15) is 0 Å². The Morgan fingerprint density at radius 3 is 2.67 bits per heavy atom. The molecular weight excluding hydrogens is 410 g/mol. The zero-order valence-corrected chi connectivity index (χ0v) is 16.8. The van der Waals surface area contributed by atoms with Crippen molar-refractivity contribution in [3.8, 4) is 0 Å². The van der Waals surface area contributed by atoms with Crippen LogP contribution in [0.2, 0.25) is 5.02 Å². The average molecular weight is 429 g/mol. The molecule has 0 saturated heterocycles. The lowest BCUT2D eigenvalue weighted by atomic mass is 10.1. The van der Waals surface area contributed by atoms with Crippen molar-refractivity contribution < 1.29 is 0 Å². The van der Waals surface area contributed by atoms with Gasteiger partial charge >= 0.3 is 0 Å². The Kier molecular flexibility index (Phi) is 6.37. The first-order chi connectivity index (χ1) is 11.2. The van der Waals surface area contributed by atoms with Gasteiger partial charge in [0.2, 0.25) is 0 Å². The Bertz CT molecular complexity index is 734. The van der Waals surface area contributed by atoms with Gasteiger partial charge in [0.05, 0.1) is 29.1 Å². The Labute approximate surface area is 160 Å². The van der Waals surface area contributed by atoms with Gasteiger partial charge in [0, 0.05) is 10.6 Å². The molecule has 0 bridgehead atoms. The fraction of sp³-hybridized carbons (Fsp3) is 0.312. The van der Waals surface area contributed by atoms with Gasteiger partial charge in [-0.1, -0.05) is 23.7 Å². The Morgan fingerprint density at radius 1 is 1.38 bits per heavy atom. The molecule has 0 unspecified atom stereocenters. The van der Waals surface area contributed by atoms with Crippen LogP contribution in [0, 0.1) is 0 Å². The van der Waals surface area contributed by atoms with Crippen molar-refractivity contribution >= 4 is 51.1 Å². The number of rotatable bonds is 4. The maximum Gasteiger partial charge on any atom is 0.187 e. The van der Waals surface area contributed by atoms with Gasteiger partial charge in [-0.15, -0.1) is 0 Å². The smallest absolute Gasteiger partial charge is 0.187 e. The predicted molar refractivity (Wildman–Crippen MR) is 107 cm³/mol. The molecule has 0 amide bonds. The topological polar surface area (TPSA) is 54.2 Å². The summed E-state index contributed by atoms with van der Waals surface area (Å²) in [6.45, 7) is 6.71. The van der Waals surface area contributed by atoms with E-state index in [0.717, 1.165) is 15.7 Å². The molecule has 2 N–H and O–H groups in total. The predicted octanol–water partition coefficient (Wildman–Crippen LogP) is 3.94. The van der Waals surface area contributed by atoms with E-state index in [0.29, 0.717) is 16.7 Å². The number of nitrogens with zero attached hydrogens (tertiary/aromatic N) is 3. The number of hydrogen-bond acceptors (Lipinski definition) is 3. The van der Waals surface area contributed by atoms with Crippen LogP contribution >= 0.6 is 39.7 Å². The summed E-state index contributed by atoms with van der Waals surface area (Å²) < 4.78 is 2.70. The van der Waals surface area contributed by atoms with Crippen LogP contribution < -0.4 is 10.7 Å². The van der Waals surface area contributed by atoms with E-state index in [-0.39, 0.29) is 5.54 Å². The molecule has 24 heavy (non-hydrogen) atoms. The summed E-state index contributed by atoms with van der Waals surface area (Å²) in [7, 11) is 0. The summed E-state index contributed by atoms with van der Waals surface area (Å²) >= 11 is 14.6. The van der Waals surface area contributed by atoms with Gasteiger partial charge < -0.3 is 5.32 Å². The molecule has 1 aromatic carbocycles. The quantitative estimate of drug-likeness (QED) is 0.440. The molecule has 0 aliphatic carbocycles. The molecule has 0 aliphatic rings. The second-order valence-electron chi connectivity index (χ2n) is 6.24. The number of aromatic nitrogens is 2. The van der Waals surface area contributed by atoms with Gasteiger partial charge in [-0.05, 0) is 66.6 Å². The highest BCUT2D eigenvalue weighted by Crippen LogP contribution is 2.16. The molecule has 2 aromatic rings. The van der Waals surface area contributed by atoms with Crippen LogP contribution in [-0.2, 0) is 6.54 Å². The number of thiocarbonyl (C=S) groups is 1. The molecule has 1 heterocycles. The molecule has 128 valence electrons. The molecule has 0 radical (unpaired) electrons. The van der Waals surface area contributed by atoms with Gasteiger partial charge in [0.1, 0.15) is 0 Å². The maximum atomic E-state index is 5.92. The van der Waals surface area contributed by atoms with Gasteiger partial charge in [0.15, 0.2) is 5.11 Å². The van der Waals surface area contributed by atoms with Crippen molar-refractivity contribution in [3.05, 3.63) is 51.2 Å². The van der Waals surface area contributed by atoms with E-state index in [1.54, 1.807) is 12.4 Å². The summed E-state index contributed by atoms with van der Waals surface area (Å²) in [6.07, 6.45) is 3.42. The normalized spacial score (nSPS) is 11.7. The van der Waals surface area contributed by atoms with Gasteiger partial charge in [0.25, 0.3) is 0 Å². The van der Waals surface area contributed by atoms with Crippen molar-refractivity contribution in [3.63, 3.8) is 0 Å². The Morgan fingerprint density at radius 2 is 2.04 bits per heavy atom. The minimum atomic E-state index is -0.115. The summed E-state index contributed by atoms with van der Waals surface area (Å²) in [4.78, 5) is 0. The van der Waals surface area contributed by atoms with Gasteiger partial charge in [-0.3, -0.25) is 10.1 Å². The van der Waals surface area contributed by atoms with Crippen molar-refractivity contribution in [2.45, 2.75) is 32.9 Å². The van der Waals surface area contributed by atoms with Crippen LogP contribution in [0.15, 0.2) is 40.0 Å².